The van der Waals surface area contributed by atoms with Crippen molar-refractivity contribution >= 4 is 5.69 Å². The molecule has 2 N–H and O–H groups in total. The molecule has 0 radical (unpaired) electrons. The molecule has 0 aliphatic heterocycles. The molecule has 16 heavy (non-hydrogen) atoms. The van der Waals surface area contributed by atoms with Crippen LogP contribution in [0.25, 0.3) is 0 Å². The largest absolute Gasteiger partial charge is 0.360 e. The molecule has 0 amide bonds. The number of hydrogen-bond donors (Lipinski definition) is 1. The smallest absolute Gasteiger partial charge is 0.130 e. The molecule has 0 aromatic heterocycles. The van der Waals surface area contributed by atoms with Crippen molar-refractivity contribution in [3.05, 3.63) is 29.6 Å². The molecule has 0 fully saturated rings. The summed E-state index contributed by atoms with van der Waals surface area (Å²) in [6.07, 6.45) is 5.29. The highest BCUT2D eigenvalue weighted by Gasteiger charge is 2.15. The molecule has 0 aliphatic carbocycles. The van der Waals surface area contributed by atoms with Crippen LogP contribution in [0.2, 0.25) is 0 Å². The van der Waals surface area contributed by atoms with Crippen LogP contribution in [0.5, 0.6) is 0 Å². The summed E-state index contributed by atoms with van der Waals surface area (Å²) < 4.78 is 13.7. The average Bonchev–Trinajstić information content (AvgIpc) is 2.25. The van der Waals surface area contributed by atoms with Crippen molar-refractivity contribution in [2.24, 2.45) is 5.73 Å². The van der Waals surface area contributed by atoms with Crippen LogP contribution in [-0.2, 0) is 0 Å². The standard InChI is InChI=1S/C13H17FN2/c1-4-9-16(5-2)12-8-6-7-11(14)13(12)10(3)15/h1,6-8,10H,5,9,15H2,2-3H3/t10-/m0/s1. The Bertz CT molecular complexity index is 393. The normalized spacial score (nSPS) is 11.9. The van der Waals surface area contributed by atoms with Crippen LogP contribution < -0.4 is 10.6 Å². The van der Waals surface area contributed by atoms with Gasteiger partial charge in [-0.05, 0) is 26.0 Å². The number of terminal acetylenes is 1. The van der Waals surface area contributed by atoms with E-state index in [4.69, 9.17) is 12.2 Å². The van der Waals surface area contributed by atoms with Crippen LogP contribution >= 0.6 is 0 Å². The lowest BCUT2D eigenvalue weighted by Gasteiger charge is -2.25. The zero-order valence-electron chi connectivity index (χ0n) is 9.70. The second kappa shape index (κ2) is 5.53. The number of benzene rings is 1. The van der Waals surface area contributed by atoms with E-state index in [1.807, 2.05) is 17.9 Å². The minimum absolute atomic E-state index is 0.275. The Labute approximate surface area is 96.3 Å². The van der Waals surface area contributed by atoms with Gasteiger partial charge in [-0.3, -0.25) is 0 Å². The van der Waals surface area contributed by atoms with E-state index in [1.54, 1.807) is 13.0 Å². The molecule has 86 valence electrons. The Kier molecular flexibility index (Phi) is 4.33. The lowest BCUT2D eigenvalue weighted by atomic mass is 10.0. The van der Waals surface area contributed by atoms with Crippen molar-refractivity contribution in [2.45, 2.75) is 19.9 Å². The zero-order chi connectivity index (χ0) is 12.1. The van der Waals surface area contributed by atoms with Crippen LogP contribution in [0.1, 0.15) is 25.5 Å². The quantitative estimate of drug-likeness (QED) is 0.789. The molecule has 0 bridgehead atoms. The Morgan fingerprint density at radius 1 is 1.56 bits per heavy atom. The van der Waals surface area contributed by atoms with Crippen LogP contribution in [-0.4, -0.2) is 13.1 Å². The van der Waals surface area contributed by atoms with Gasteiger partial charge in [-0.1, -0.05) is 12.0 Å². The van der Waals surface area contributed by atoms with Crippen LogP contribution in [0, 0.1) is 18.2 Å². The van der Waals surface area contributed by atoms with Gasteiger partial charge < -0.3 is 10.6 Å². The molecule has 1 aromatic rings. The fourth-order valence-electron chi connectivity index (χ4n) is 1.73. The molecule has 0 heterocycles. The summed E-state index contributed by atoms with van der Waals surface area (Å²) in [6, 6.07) is 4.60. The molecule has 0 aliphatic rings. The second-order valence-electron chi connectivity index (χ2n) is 3.68. The SMILES string of the molecule is C#CCN(CC)c1cccc(F)c1[C@H](C)N. The van der Waals surface area contributed by atoms with Gasteiger partial charge in [0.05, 0.1) is 6.54 Å². The van der Waals surface area contributed by atoms with E-state index in [9.17, 15) is 4.39 Å². The fourth-order valence-corrected chi connectivity index (χ4v) is 1.73. The second-order valence-corrected chi connectivity index (χ2v) is 3.68. The number of nitrogens with zero attached hydrogens (tertiary/aromatic N) is 1. The first-order chi connectivity index (χ1) is 7.61. The lowest BCUT2D eigenvalue weighted by Crippen LogP contribution is -2.26. The predicted molar refractivity (Wildman–Crippen MR) is 65.7 cm³/mol. The number of anilines is 1. The van der Waals surface area contributed by atoms with Crippen molar-refractivity contribution in [1.29, 1.82) is 0 Å². The van der Waals surface area contributed by atoms with Crippen molar-refractivity contribution in [3.8, 4) is 12.3 Å². The van der Waals surface area contributed by atoms with E-state index >= 15 is 0 Å². The lowest BCUT2D eigenvalue weighted by molar-refractivity contribution is 0.592. The molecule has 0 unspecified atom stereocenters. The van der Waals surface area contributed by atoms with Crippen molar-refractivity contribution in [3.63, 3.8) is 0 Å². The molecular weight excluding hydrogens is 203 g/mol. The van der Waals surface area contributed by atoms with Gasteiger partial charge in [0.1, 0.15) is 5.82 Å². The minimum Gasteiger partial charge on any atom is -0.360 e. The third kappa shape index (κ3) is 2.53. The first-order valence-electron chi connectivity index (χ1n) is 5.34. The average molecular weight is 220 g/mol. The summed E-state index contributed by atoms with van der Waals surface area (Å²) in [5, 5.41) is 0. The molecule has 2 nitrogen and oxygen atoms in total. The van der Waals surface area contributed by atoms with E-state index in [2.05, 4.69) is 5.92 Å². The first kappa shape index (κ1) is 12.5. The number of halogens is 1. The summed E-state index contributed by atoms with van der Waals surface area (Å²) >= 11 is 0. The predicted octanol–water partition coefficient (Wildman–Crippen LogP) is 2.30. The Hall–Kier alpha value is -1.53. The molecule has 1 rings (SSSR count). The molecular formula is C13H17FN2. The monoisotopic (exact) mass is 220 g/mol. The van der Waals surface area contributed by atoms with Crippen molar-refractivity contribution in [2.75, 3.05) is 18.0 Å². The van der Waals surface area contributed by atoms with E-state index in [0.717, 1.165) is 12.2 Å². The van der Waals surface area contributed by atoms with Gasteiger partial charge in [0, 0.05) is 23.8 Å². The highest BCUT2D eigenvalue weighted by atomic mass is 19.1. The summed E-state index contributed by atoms with van der Waals surface area (Å²) in [5.41, 5.74) is 7.10. The van der Waals surface area contributed by atoms with Gasteiger partial charge in [0.2, 0.25) is 0 Å². The maximum Gasteiger partial charge on any atom is 0.130 e. The summed E-state index contributed by atoms with van der Waals surface area (Å²) in [7, 11) is 0. The maximum absolute atomic E-state index is 13.7. The Balaban J connectivity index is 3.21. The summed E-state index contributed by atoms with van der Waals surface area (Å²) in [6.45, 7) is 4.94. The van der Waals surface area contributed by atoms with Gasteiger partial charge in [0.15, 0.2) is 0 Å². The number of rotatable bonds is 4. The van der Waals surface area contributed by atoms with Gasteiger partial charge in [-0.25, -0.2) is 4.39 Å². The Morgan fingerprint density at radius 2 is 2.25 bits per heavy atom. The highest BCUT2D eigenvalue weighted by molar-refractivity contribution is 5.56. The van der Waals surface area contributed by atoms with Crippen LogP contribution in [0.3, 0.4) is 0 Å². The van der Waals surface area contributed by atoms with Crippen LogP contribution in [0.4, 0.5) is 10.1 Å². The van der Waals surface area contributed by atoms with E-state index in [0.29, 0.717) is 12.1 Å². The van der Waals surface area contributed by atoms with Gasteiger partial charge in [-0.2, -0.15) is 0 Å². The Morgan fingerprint density at radius 3 is 2.75 bits per heavy atom. The molecule has 0 spiro atoms. The van der Waals surface area contributed by atoms with Gasteiger partial charge in [-0.15, -0.1) is 6.42 Å². The van der Waals surface area contributed by atoms with Gasteiger partial charge >= 0.3 is 0 Å². The van der Waals surface area contributed by atoms with E-state index in [1.165, 1.54) is 6.07 Å². The van der Waals surface area contributed by atoms with E-state index < -0.39 is 0 Å². The topological polar surface area (TPSA) is 29.3 Å². The number of hydrogen-bond acceptors (Lipinski definition) is 2. The maximum atomic E-state index is 13.7. The molecule has 0 saturated heterocycles. The third-order valence-electron chi connectivity index (χ3n) is 2.49. The van der Waals surface area contributed by atoms with Crippen molar-refractivity contribution < 1.29 is 4.39 Å². The van der Waals surface area contributed by atoms with Gasteiger partial charge in [0.25, 0.3) is 0 Å². The number of nitrogens with two attached hydrogens (primary N) is 1. The third-order valence-corrected chi connectivity index (χ3v) is 2.49. The molecule has 0 saturated carbocycles. The highest BCUT2D eigenvalue weighted by Crippen LogP contribution is 2.27. The molecule has 1 atom stereocenters. The zero-order valence-corrected chi connectivity index (χ0v) is 9.70. The molecule has 3 heteroatoms. The summed E-state index contributed by atoms with van der Waals surface area (Å²) in [5.74, 6) is 2.29. The first-order valence-corrected chi connectivity index (χ1v) is 5.34. The van der Waals surface area contributed by atoms with Crippen molar-refractivity contribution in [1.82, 2.24) is 0 Å². The summed E-state index contributed by atoms with van der Waals surface area (Å²) in [4.78, 5) is 1.93. The molecule has 1 aromatic carbocycles. The van der Waals surface area contributed by atoms with E-state index in [-0.39, 0.29) is 11.9 Å². The fraction of sp³-hybridized carbons (Fsp3) is 0.385. The minimum atomic E-state index is -0.344. The van der Waals surface area contributed by atoms with Crippen LogP contribution in [0.15, 0.2) is 18.2 Å².